The monoisotopic (exact) mass is 202 g/mol. The van der Waals surface area contributed by atoms with Crippen molar-refractivity contribution in [3.63, 3.8) is 0 Å². The molecular formula is C12H11FN2. The van der Waals surface area contributed by atoms with Crippen LogP contribution in [0, 0.1) is 5.82 Å². The standard InChI is InChI=1S/C12H11FN2/c13-9-3-1-8(2-4-9)11-6-5-10(14)7-12(11)15/h1-7H,14-15H2. The van der Waals surface area contributed by atoms with E-state index in [1.807, 2.05) is 6.07 Å². The van der Waals surface area contributed by atoms with Gasteiger partial charge in [0, 0.05) is 16.9 Å². The van der Waals surface area contributed by atoms with E-state index in [0.29, 0.717) is 11.4 Å². The van der Waals surface area contributed by atoms with Crippen molar-refractivity contribution in [3.05, 3.63) is 48.3 Å². The fraction of sp³-hybridized carbons (Fsp3) is 0. The van der Waals surface area contributed by atoms with Crippen molar-refractivity contribution >= 4 is 11.4 Å². The van der Waals surface area contributed by atoms with Gasteiger partial charge in [-0.2, -0.15) is 0 Å². The average Bonchev–Trinajstić information content (AvgIpc) is 2.20. The number of benzene rings is 2. The first-order valence-electron chi connectivity index (χ1n) is 4.58. The van der Waals surface area contributed by atoms with Crippen molar-refractivity contribution in [2.24, 2.45) is 0 Å². The van der Waals surface area contributed by atoms with Gasteiger partial charge in [0.25, 0.3) is 0 Å². The topological polar surface area (TPSA) is 52.0 Å². The third kappa shape index (κ3) is 1.91. The van der Waals surface area contributed by atoms with Gasteiger partial charge in [-0.15, -0.1) is 0 Å². The maximum Gasteiger partial charge on any atom is 0.123 e. The van der Waals surface area contributed by atoms with Crippen molar-refractivity contribution in [1.29, 1.82) is 0 Å². The Kier molecular flexibility index (Phi) is 2.29. The lowest BCUT2D eigenvalue weighted by molar-refractivity contribution is 0.628. The third-order valence-electron chi connectivity index (χ3n) is 2.23. The van der Waals surface area contributed by atoms with E-state index < -0.39 is 0 Å². The maximum atomic E-state index is 12.7. The quantitative estimate of drug-likeness (QED) is 0.698. The Bertz CT molecular complexity index is 477. The van der Waals surface area contributed by atoms with Crippen molar-refractivity contribution < 1.29 is 4.39 Å². The second kappa shape index (κ2) is 3.61. The highest BCUT2D eigenvalue weighted by atomic mass is 19.1. The third-order valence-corrected chi connectivity index (χ3v) is 2.23. The van der Waals surface area contributed by atoms with Gasteiger partial charge in [0.2, 0.25) is 0 Å². The van der Waals surface area contributed by atoms with Gasteiger partial charge in [-0.25, -0.2) is 4.39 Å². The summed E-state index contributed by atoms with van der Waals surface area (Å²) in [5.74, 6) is -0.257. The van der Waals surface area contributed by atoms with Crippen LogP contribution in [0.1, 0.15) is 0 Å². The number of hydrogen-bond acceptors (Lipinski definition) is 2. The Hall–Kier alpha value is -2.03. The fourth-order valence-corrected chi connectivity index (χ4v) is 1.47. The molecule has 2 aromatic carbocycles. The first kappa shape index (κ1) is 9.52. The number of rotatable bonds is 1. The van der Waals surface area contributed by atoms with Gasteiger partial charge in [0.05, 0.1) is 0 Å². The second-order valence-corrected chi connectivity index (χ2v) is 3.35. The molecule has 15 heavy (non-hydrogen) atoms. The van der Waals surface area contributed by atoms with Gasteiger partial charge in [0.15, 0.2) is 0 Å². The molecule has 0 heterocycles. The Morgan fingerprint density at radius 3 is 2.13 bits per heavy atom. The van der Waals surface area contributed by atoms with Crippen molar-refractivity contribution in [3.8, 4) is 11.1 Å². The van der Waals surface area contributed by atoms with Gasteiger partial charge < -0.3 is 11.5 Å². The lowest BCUT2D eigenvalue weighted by Crippen LogP contribution is -1.93. The van der Waals surface area contributed by atoms with Crippen LogP contribution in [-0.2, 0) is 0 Å². The lowest BCUT2D eigenvalue weighted by atomic mass is 10.0. The zero-order valence-electron chi connectivity index (χ0n) is 8.07. The average molecular weight is 202 g/mol. The molecule has 0 aromatic heterocycles. The first-order valence-corrected chi connectivity index (χ1v) is 4.58. The smallest absolute Gasteiger partial charge is 0.123 e. The van der Waals surface area contributed by atoms with E-state index in [2.05, 4.69) is 0 Å². The Morgan fingerprint density at radius 2 is 1.53 bits per heavy atom. The number of anilines is 2. The van der Waals surface area contributed by atoms with Gasteiger partial charge in [-0.05, 0) is 29.8 Å². The number of nitrogens with two attached hydrogens (primary N) is 2. The number of nitrogen functional groups attached to an aromatic ring is 2. The van der Waals surface area contributed by atoms with Crippen LogP contribution >= 0.6 is 0 Å². The van der Waals surface area contributed by atoms with E-state index in [1.54, 1.807) is 24.3 Å². The summed E-state index contributed by atoms with van der Waals surface area (Å²) < 4.78 is 12.7. The highest BCUT2D eigenvalue weighted by Crippen LogP contribution is 2.27. The molecule has 2 aromatic rings. The van der Waals surface area contributed by atoms with Gasteiger partial charge >= 0.3 is 0 Å². The highest BCUT2D eigenvalue weighted by Gasteiger charge is 2.02. The van der Waals surface area contributed by atoms with Crippen LogP contribution in [-0.4, -0.2) is 0 Å². The normalized spacial score (nSPS) is 10.2. The molecule has 0 bridgehead atoms. The van der Waals surface area contributed by atoms with Crippen molar-refractivity contribution in [2.45, 2.75) is 0 Å². The zero-order valence-corrected chi connectivity index (χ0v) is 8.07. The summed E-state index contributed by atoms with van der Waals surface area (Å²) in [4.78, 5) is 0. The van der Waals surface area contributed by atoms with Crippen LogP contribution in [0.4, 0.5) is 15.8 Å². The van der Waals surface area contributed by atoms with E-state index in [0.717, 1.165) is 11.1 Å². The molecule has 0 aliphatic heterocycles. The van der Waals surface area contributed by atoms with E-state index in [1.165, 1.54) is 12.1 Å². The van der Waals surface area contributed by atoms with Gasteiger partial charge in [-0.3, -0.25) is 0 Å². The minimum atomic E-state index is -0.257. The Labute approximate surface area is 87.3 Å². The molecule has 0 saturated heterocycles. The maximum absolute atomic E-state index is 12.7. The second-order valence-electron chi connectivity index (χ2n) is 3.35. The van der Waals surface area contributed by atoms with Gasteiger partial charge in [0.1, 0.15) is 5.82 Å². The molecule has 0 spiro atoms. The van der Waals surface area contributed by atoms with Crippen LogP contribution in [0.25, 0.3) is 11.1 Å². The number of hydrogen-bond donors (Lipinski definition) is 2. The molecular weight excluding hydrogens is 191 g/mol. The van der Waals surface area contributed by atoms with E-state index in [-0.39, 0.29) is 5.82 Å². The molecule has 0 radical (unpaired) electrons. The minimum Gasteiger partial charge on any atom is -0.399 e. The molecule has 0 fully saturated rings. The molecule has 0 aliphatic carbocycles. The number of halogens is 1. The predicted octanol–water partition coefficient (Wildman–Crippen LogP) is 2.66. The molecule has 2 rings (SSSR count). The summed E-state index contributed by atoms with van der Waals surface area (Å²) in [5, 5.41) is 0. The van der Waals surface area contributed by atoms with Crippen LogP contribution in [0.3, 0.4) is 0 Å². The predicted molar refractivity (Wildman–Crippen MR) is 60.7 cm³/mol. The molecule has 0 atom stereocenters. The molecule has 2 nitrogen and oxygen atoms in total. The van der Waals surface area contributed by atoms with Crippen LogP contribution < -0.4 is 11.5 Å². The van der Waals surface area contributed by atoms with Crippen molar-refractivity contribution in [1.82, 2.24) is 0 Å². The van der Waals surface area contributed by atoms with E-state index >= 15 is 0 Å². The SMILES string of the molecule is Nc1ccc(-c2ccc(F)cc2)c(N)c1. The van der Waals surface area contributed by atoms with Crippen LogP contribution in [0.2, 0.25) is 0 Å². The summed E-state index contributed by atoms with van der Waals surface area (Å²) in [6, 6.07) is 11.5. The molecule has 76 valence electrons. The molecule has 0 saturated carbocycles. The highest BCUT2D eigenvalue weighted by molar-refractivity contribution is 5.78. The Balaban J connectivity index is 2.49. The Morgan fingerprint density at radius 1 is 0.867 bits per heavy atom. The molecule has 3 heteroatoms. The summed E-state index contributed by atoms with van der Waals surface area (Å²) >= 11 is 0. The minimum absolute atomic E-state index is 0.257. The van der Waals surface area contributed by atoms with E-state index in [9.17, 15) is 4.39 Å². The first-order chi connectivity index (χ1) is 7.16. The summed E-state index contributed by atoms with van der Waals surface area (Å²) in [5.41, 5.74) is 14.4. The largest absolute Gasteiger partial charge is 0.399 e. The summed E-state index contributed by atoms with van der Waals surface area (Å²) in [7, 11) is 0. The zero-order chi connectivity index (χ0) is 10.8. The van der Waals surface area contributed by atoms with Gasteiger partial charge in [-0.1, -0.05) is 18.2 Å². The summed E-state index contributed by atoms with van der Waals surface area (Å²) in [6.07, 6.45) is 0. The summed E-state index contributed by atoms with van der Waals surface area (Å²) in [6.45, 7) is 0. The lowest BCUT2D eigenvalue weighted by Gasteiger charge is -2.06. The van der Waals surface area contributed by atoms with Crippen LogP contribution in [0.5, 0.6) is 0 Å². The molecule has 0 unspecified atom stereocenters. The van der Waals surface area contributed by atoms with Crippen LogP contribution in [0.15, 0.2) is 42.5 Å². The van der Waals surface area contributed by atoms with Crippen molar-refractivity contribution in [2.75, 3.05) is 11.5 Å². The van der Waals surface area contributed by atoms with E-state index in [4.69, 9.17) is 11.5 Å². The fourth-order valence-electron chi connectivity index (χ4n) is 1.47. The molecule has 0 aliphatic rings. The molecule has 0 amide bonds. The molecule has 4 N–H and O–H groups in total.